The van der Waals surface area contributed by atoms with Crippen molar-refractivity contribution >= 4 is 15.8 Å². The van der Waals surface area contributed by atoms with Crippen LogP contribution in [0, 0.1) is 5.92 Å². The van der Waals surface area contributed by atoms with Crippen LogP contribution in [0.4, 0.5) is 0 Å². The van der Waals surface area contributed by atoms with Gasteiger partial charge in [-0.3, -0.25) is 4.99 Å². The summed E-state index contributed by atoms with van der Waals surface area (Å²) < 4.78 is 30.2. The van der Waals surface area contributed by atoms with E-state index >= 15 is 0 Å². The van der Waals surface area contributed by atoms with Gasteiger partial charge in [0, 0.05) is 26.7 Å². The summed E-state index contributed by atoms with van der Waals surface area (Å²) in [6.45, 7) is 8.00. The number of aliphatic imine (C=N–C) groups is 1. The molecule has 0 heterocycles. The molecular weight excluding hydrogens is 338 g/mol. The van der Waals surface area contributed by atoms with Gasteiger partial charge in [0.15, 0.2) is 15.8 Å². The van der Waals surface area contributed by atoms with Gasteiger partial charge in [0.25, 0.3) is 0 Å². The number of hydrogen-bond donors (Lipinski definition) is 2. The standard InChI is InChI=1S/C18H31N3O3S/c1-5-24-17(15(2)3)11-12-20-18(19-4)21-13-14-25(22,23)16-9-7-6-8-10-16/h6-10,15,17H,5,11-14H2,1-4H3,(H2,19,20,21). The Bertz CT molecular complexity index is 616. The molecule has 0 fully saturated rings. The highest BCUT2D eigenvalue weighted by Gasteiger charge is 2.15. The number of sulfone groups is 1. The number of nitrogens with one attached hydrogen (secondary N) is 2. The van der Waals surface area contributed by atoms with Crippen LogP contribution in [0.3, 0.4) is 0 Å². The predicted molar refractivity (Wildman–Crippen MR) is 103 cm³/mol. The SMILES string of the molecule is CCOC(CCNC(=NC)NCCS(=O)(=O)c1ccccc1)C(C)C. The maximum absolute atomic E-state index is 12.2. The predicted octanol–water partition coefficient (Wildman–Crippen LogP) is 2.08. The van der Waals surface area contributed by atoms with E-state index in [0.717, 1.165) is 6.42 Å². The van der Waals surface area contributed by atoms with Crippen molar-refractivity contribution in [2.24, 2.45) is 10.9 Å². The Morgan fingerprint density at radius 2 is 1.80 bits per heavy atom. The summed E-state index contributed by atoms with van der Waals surface area (Å²) in [5.74, 6) is 1.07. The van der Waals surface area contributed by atoms with Crippen molar-refractivity contribution in [1.29, 1.82) is 0 Å². The van der Waals surface area contributed by atoms with Crippen molar-refractivity contribution in [3.8, 4) is 0 Å². The summed E-state index contributed by atoms with van der Waals surface area (Å²) in [7, 11) is -1.61. The largest absolute Gasteiger partial charge is 0.378 e. The number of rotatable bonds is 10. The zero-order chi connectivity index (χ0) is 18.7. The minimum atomic E-state index is -3.28. The molecule has 0 amide bonds. The van der Waals surface area contributed by atoms with Crippen LogP contribution in [0.5, 0.6) is 0 Å². The molecule has 1 atom stereocenters. The highest BCUT2D eigenvalue weighted by atomic mass is 32.2. The average molecular weight is 370 g/mol. The number of ether oxygens (including phenoxy) is 1. The molecule has 0 saturated heterocycles. The van der Waals surface area contributed by atoms with Gasteiger partial charge in [-0.05, 0) is 31.4 Å². The number of benzene rings is 1. The molecular formula is C18H31N3O3S. The Balaban J connectivity index is 2.40. The molecule has 0 aliphatic heterocycles. The van der Waals surface area contributed by atoms with Crippen molar-refractivity contribution in [1.82, 2.24) is 10.6 Å². The Hall–Kier alpha value is -1.60. The highest BCUT2D eigenvalue weighted by molar-refractivity contribution is 7.91. The third-order valence-corrected chi connectivity index (χ3v) is 5.57. The van der Waals surface area contributed by atoms with Crippen molar-refractivity contribution in [3.05, 3.63) is 30.3 Å². The van der Waals surface area contributed by atoms with Gasteiger partial charge in [-0.15, -0.1) is 0 Å². The van der Waals surface area contributed by atoms with E-state index < -0.39 is 9.84 Å². The summed E-state index contributed by atoms with van der Waals surface area (Å²) in [6.07, 6.45) is 1.07. The molecule has 0 saturated carbocycles. The first kappa shape index (κ1) is 21.4. The van der Waals surface area contributed by atoms with Gasteiger partial charge in [0.05, 0.1) is 16.8 Å². The lowest BCUT2D eigenvalue weighted by Crippen LogP contribution is -2.41. The lowest BCUT2D eigenvalue weighted by atomic mass is 10.0. The lowest BCUT2D eigenvalue weighted by molar-refractivity contribution is 0.0258. The Kier molecular flexibility index (Phi) is 9.52. The third kappa shape index (κ3) is 7.88. The molecule has 7 heteroatoms. The molecule has 0 aliphatic rings. The van der Waals surface area contributed by atoms with Crippen LogP contribution in [0.2, 0.25) is 0 Å². The molecule has 0 bridgehead atoms. The highest BCUT2D eigenvalue weighted by Crippen LogP contribution is 2.10. The molecule has 1 aromatic rings. The van der Waals surface area contributed by atoms with Gasteiger partial charge in [-0.2, -0.15) is 0 Å². The summed E-state index contributed by atoms with van der Waals surface area (Å²) in [5, 5.41) is 6.25. The second kappa shape index (κ2) is 11.1. The fourth-order valence-electron chi connectivity index (χ4n) is 2.43. The van der Waals surface area contributed by atoms with E-state index in [-0.39, 0.29) is 11.9 Å². The maximum atomic E-state index is 12.2. The minimum absolute atomic E-state index is 0.0191. The van der Waals surface area contributed by atoms with Crippen molar-refractivity contribution in [3.63, 3.8) is 0 Å². The molecule has 0 spiro atoms. The normalized spacial score (nSPS) is 13.7. The van der Waals surface area contributed by atoms with E-state index in [0.29, 0.717) is 36.5 Å². The van der Waals surface area contributed by atoms with Crippen LogP contribution in [-0.4, -0.2) is 53.0 Å². The molecule has 142 valence electrons. The molecule has 25 heavy (non-hydrogen) atoms. The quantitative estimate of drug-likeness (QED) is 0.488. The van der Waals surface area contributed by atoms with Gasteiger partial charge >= 0.3 is 0 Å². The molecule has 1 aromatic carbocycles. The monoisotopic (exact) mass is 369 g/mol. The molecule has 1 rings (SSSR count). The summed E-state index contributed by atoms with van der Waals surface area (Å²) >= 11 is 0. The van der Waals surface area contributed by atoms with Crippen molar-refractivity contribution < 1.29 is 13.2 Å². The van der Waals surface area contributed by atoms with Crippen LogP contribution in [-0.2, 0) is 14.6 Å². The second-order valence-electron chi connectivity index (χ2n) is 6.08. The summed E-state index contributed by atoms with van der Waals surface area (Å²) in [5.41, 5.74) is 0. The number of nitrogens with zero attached hydrogens (tertiary/aromatic N) is 1. The zero-order valence-corrected chi connectivity index (χ0v) is 16.5. The van der Waals surface area contributed by atoms with Gasteiger partial charge < -0.3 is 15.4 Å². The summed E-state index contributed by atoms with van der Waals surface area (Å²) in [6, 6.07) is 8.48. The minimum Gasteiger partial charge on any atom is -0.378 e. The molecule has 0 radical (unpaired) electrons. The average Bonchev–Trinajstić information content (AvgIpc) is 2.60. The van der Waals surface area contributed by atoms with Crippen LogP contribution in [0.25, 0.3) is 0 Å². The fraction of sp³-hybridized carbons (Fsp3) is 0.611. The van der Waals surface area contributed by atoms with Gasteiger partial charge in [-0.1, -0.05) is 32.0 Å². The van der Waals surface area contributed by atoms with E-state index in [2.05, 4.69) is 29.5 Å². The first-order valence-electron chi connectivity index (χ1n) is 8.74. The number of hydrogen-bond acceptors (Lipinski definition) is 4. The smallest absolute Gasteiger partial charge is 0.191 e. The Labute approximate surface area is 152 Å². The summed E-state index contributed by atoms with van der Waals surface area (Å²) in [4.78, 5) is 4.47. The third-order valence-electron chi connectivity index (χ3n) is 3.83. The van der Waals surface area contributed by atoms with Gasteiger partial charge in [-0.25, -0.2) is 8.42 Å². The molecule has 2 N–H and O–H groups in total. The van der Waals surface area contributed by atoms with Gasteiger partial charge in [0.2, 0.25) is 0 Å². The van der Waals surface area contributed by atoms with E-state index in [9.17, 15) is 8.42 Å². The molecule has 0 aliphatic carbocycles. The molecule has 0 aromatic heterocycles. The van der Waals surface area contributed by atoms with Crippen molar-refractivity contribution in [2.75, 3.05) is 32.5 Å². The number of guanidine groups is 1. The topological polar surface area (TPSA) is 79.8 Å². The van der Waals surface area contributed by atoms with Crippen LogP contribution < -0.4 is 10.6 Å². The first-order valence-corrected chi connectivity index (χ1v) is 10.4. The van der Waals surface area contributed by atoms with Crippen LogP contribution in [0.1, 0.15) is 27.2 Å². The lowest BCUT2D eigenvalue weighted by Gasteiger charge is -2.21. The van der Waals surface area contributed by atoms with Gasteiger partial charge in [0.1, 0.15) is 0 Å². The first-order chi connectivity index (χ1) is 11.9. The molecule has 1 unspecified atom stereocenters. The van der Waals surface area contributed by atoms with E-state index in [4.69, 9.17) is 4.74 Å². The van der Waals surface area contributed by atoms with Crippen molar-refractivity contribution in [2.45, 2.75) is 38.2 Å². The zero-order valence-electron chi connectivity index (χ0n) is 15.7. The Morgan fingerprint density at radius 3 is 2.36 bits per heavy atom. The van der Waals surface area contributed by atoms with E-state index in [1.54, 1.807) is 37.4 Å². The van der Waals surface area contributed by atoms with Crippen LogP contribution >= 0.6 is 0 Å². The molecule has 6 nitrogen and oxygen atoms in total. The van der Waals surface area contributed by atoms with E-state index in [1.165, 1.54) is 0 Å². The second-order valence-corrected chi connectivity index (χ2v) is 8.19. The fourth-order valence-corrected chi connectivity index (χ4v) is 3.60. The van der Waals surface area contributed by atoms with Crippen LogP contribution in [0.15, 0.2) is 40.2 Å². The Morgan fingerprint density at radius 1 is 1.16 bits per heavy atom. The van der Waals surface area contributed by atoms with E-state index in [1.807, 2.05) is 6.92 Å². The maximum Gasteiger partial charge on any atom is 0.191 e.